The number of nitrogens with one attached hydrogen (secondary N) is 1. The molecule has 0 heterocycles. The highest BCUT2D eigenvalue weighted by Crippen LogP contribution is 2.40. The summed E-state index contributed by atoms with van der Waals surface area (Å²) in [6, 6.07) is 5.00. The van der Waals surface area contributed by atoms with E-state index < -0.39 is 17.5 Å². The van der Waals surface area contributed by atoms with Crippen LogP contribution in [0.3, 0.4) is 0 Å². The van der Waals surface area contributed by atoms with Gasteiger partial charge in [-0.1, -0.05) is 19.1 Å². The van der Waals surface area contributed by atoms with E-state index >= 15 is 0 Å². The van der Waals surface area contributed by atoms with Gasteiger partial charge in [0.05, 0.1) is 11.7 Å². The zero-order valence-electron chi connectivity index (χ0n) is 9.62. The number of carbonyl (C=O) groups is 1. The summed E-state index contributed by atoms with van der Waals surface area (Å²) in [6.45, 7) is 1.72. The molecule has 1 aromatic rings. The van der Waals surface area contributed by atoms with Crippen LogP contribution in [0.2, 0.25) is 0 Å². The van der Waals surface area contributed by atoms with Gasteiger partial charge in [-0.3, -0.25) is 4.79 Å². The number of hydrogen-bond donors (Lipinski definition) is 2. The number of para-hydroxylation sites is 1. The Hall–Kier alpha value is -1.21. The number of hydrogen-bond acceptors (Lipinski definition) is 3. The van der Waals surface area contributed by atoms with Gasteiger partial charge in [-0.05, 0) is 30.3 Å². The molecule has 100 valence electrons. The molecular weight excluding hydrogens is 265 g/mol. The molecule has 1 rings (SSSR count). The highest BCUT2D eigenvalue weighted by molar-refractivity contribution is 8.00. The van der Waals surface area contributed by atoms with Gasteiger partial charge in [0.1, 0.15) is 0 Å². The highest BCUT2D eigenvalue weighted by Gasteiger charge is 2.30. The maximum Gasteiger partial charge on any atom is 0.446 e. The first-order valence-electron chi connectivity index (χ1n) is 5.24. The minimum absolute atomic E-state index is 0.0540. The van der Waals surface area contributed by atoms with Crippen LogP contribution in [0, 0.1) is 0 Å². The lowest BCUT2D eigenvalue weighted by Crippen LogP contribution is -2.34. The maximum absolute atomic E-state index is 12.3. The Kier molecular flexibility index (Phi) is 5.03. The van der Waals surface area contributed by atoms with Crippen LogP contribution in [-0.2, 0) is 4.79 Å². The van der Waals surface area contributed by atoms with Crippen molar-refractivity contribution in [2.24, 2.45) is 5.73 Å². The van der Waals surface area contributed by atoms with Crippen molar-refractivity contribution in [1.29, 1.82) is 0 Å². The van der Waals surface area contributed by atoms with Crippen LogP contribution in [0.1, 0.15) is 13.3 Å². The van der Waals surface area contributed by atoms with E-state index in [1.807, 2.05) is 0 Å². The smallest absolute Gasteiger partial charge is 0.324 e. The lowest BCUT2D eigenvalue weighted by Gasteiger charge is -2.14. The van der Waals surface area contributed by atoms with Crippen molar-refractivity contribution in [2.45, 2.75) is 29.8 Å². The molecule has 0 aliphatic rings. The fourth-order valence-corrected chi connectivity index (χ4v) is 1.82. The van der Waals surface area contributed by atoms with E-state index in [0.717, 1.165) is 0 Å². The van der Waals surface area contributed by atoms with Gasteiger partial charge in [-0.2, -0.15) is 13.2 Å². The maximum atomic E-state index is 12.3. The Morgan fingerprint density at radius 3 is 2.61 bits per heavy atom. The number of benzene rings is 1. The van der Waals surface area contributed by atoms with Crippen molar-refractivity contribution in [3.05, 3.63) is 24.3 Å². The summed E-state index contributed by atoms with van der Waals surface area (Å²) in [4.78, 5) is 11.5. The van der Waals surface area contributed by atoms with Gasteiger partial charge in [0.2, 0.25) is 5.91 Å². The van der Waals surface area contributed by atoms with Crippen LogP contribution in [-0.4, -0.2) is 17.5 Å². The number of carbonyl (C=O) groups excluding carboxylic acids is 1. The molecule has 1 atom stereocenters. The van der Waals surface area contributed by atoms with Crippen molar-refractivity contribution in [1.82, 2.24) is 0 Å². The summed E-state index contributed by atoms with van der Waals surface area (Å²) < 4.78 is 36.9. The predicted molar refractivity (Wildman–Crippen MR) is 65.3 cm³/mol. The average Bonchev–Trinajstić information content (AvgIpc) is 2.28. The molecule has 0 aliphatic carbocycles. The number of alkyl halides is 3. The third-order valence-corrected chi connectivity index (χ3v) is 2.95. The molecule has 3 nitrogen and oxygen atoms in total. The molecule has 18 heavy (non-hydrogen) atoms. The first-order chi connectivity index (χ1) is 8.33. The van der Waals surface area contributed by atoms with Gasteiger partial charge < -0.3 is 11.1 Å². The van der Waals surface area contributed by atoms with Gasteiger partial charge in [0.25, 0.3) is 0 Å². The molecule has 0 aliphatic heterocycles. The lowest BCUT2D eigenvalue weighted by atomic mass is 10.2. The zero-order chi connectivity index (χ0) is 13.8. The average molecular weight is 278 g/mol. The third-order valence-electron chi connectivity index (χ3n) is 2.15. The van der Waals surface area contributed by atoms with Crippen molar-refractivity contribution >= 4 is 23.4 Å². The Bertz CT molecular complexity index is 423. The predicted octanol–water partition coefficient (Wildman–Crippen LogP) is 2.97. The van der Waals surface area contributed by atoms with E-state index in [1.165, 1.54) is 18.2 Å². The molecule has 0 aromatic heterocycles. The quantitative estimate of drug-likeness (QED) is 0.832. The molecule has 0 saturated heterocycles. The summed E-state index contributed by atoms with van der Waals surface area (Å²) in [5.41, 5.74) is 1.22. The Balaban J connectivity index is 2.86. The zero-order valence-corrected chi connectivity index (χ0v) is 10.4. The summed E-state index contributed by atoms with van der Waals surface area (Å²) >= 11 is -0.267. The number of amides is 1. The SMILES string of the molecule is CC[C@H](N)C(=O)Nc1ccccc1SC(F)(F)F. The van der Waals surface area contributed by atoms with Gasteiger partial charge in [0.15, 0.2) is 0 Å². The van der Waals surface area contributed by atoms with Crippen molar-refractivity contribution in [3.63, 3.8) is 0 Å². The van der Waals surface area contributed by atoms with Crippen LogP contribution >= 0.6 is 11.8 Å². The monoisotopic (exact) mass is 278 g/mol. The van der Waals surface area contributed by atoms with Crippen molar-refractivity contribution in [2.75, 3.05) is 5.32 Å². The number of rotatable bonds is 4. The van der Waals surface area contributed by atoms with E-state index in [-0.39, 0.29) is 22.3 Å². The van der Waals surface area contributed by atoms with Crippen LogP contribution in [0.5, 0.6) is 0 Å². The normalized spacial score (nSPS) is 13.2. The van der Waals surface area contributed by atoms with Crippen LogP contribution < -0.4 is 11.1 Å². The second-order valence-corrected chi connectivity index (χ2v) is 4.65. The van der Waals surface area contributed by atoms with E-state index in [0.29, 0.717) is 6.42 Å². The topological polar surface area (TPSA) is 55.1 Å². The summed E-state index contributed by atoms with van der Waals surface area (Å²) in [7, 11) is 0. The van der Waals surface area contributed by atoms with Gasteiger partial charge in [-0.15, -0.1) is 0 Å². The van der Waals surface area contributed by atoms with Crippen molar-refractivity contribution < 1.29 is 18.0 Å². The first-order valence-corrected chi connectivity index (χ1v) is 6.06. The largest absolute Gasteiger partial charge is 0.446 e. The van der Waals surface area contributed by atoms with E-state index in [9.17, 15) is 18.0 Å². The lowest BCUT2D eigenvalue weighted by molar-refractivity contribution is -0.117. The molecule has 0 spiro atoms. The summed E-state index contributed by atoms with van der Waals surface area (Å²) in [5, 5.41) is 2.40. The Morgan fingerprint density at radius 2 is 2.06 bits per heavy atom. The Morgan fingerprint density at radius 1 is 1.44 bits per heavy atom. The molecular formula is C11H13F3N2OS. The molecule has 0 bridgehead atoms. The number of halogens is 3. The van der Waals surface area contributed by atoms with Crippen LogP contribution in [0.15, 0.2) is 29.2 Å². The molecule has 7 heteroatoms. The Labute approximate surface area is 107 Å². The van der Waals surface area contributed by atoms with Gasteiger partial charge >= 0.3 is 5.51 Å². The fraction of sp³-hybridized carbons (Fsp3) is 0.364. The van der Waals surface area contributed by atoms with Crippen molar-refractivity contribution in [3.8, 4) is 0 Å². The number of anilines is 1. The fourth-order valence-electron chi connectivity index (χ4n) is 1.19. The molecule has 0 fully saturated rings. The van der Waals surface area contributed by atoms with Crippen LogP contribution in [0.4, 0.5) is 18.9 Å². The molecule has 3 N–H and O–H groups in total. The molecule has 1 aromatic carbocycles. The minimum atomic E-state index is -4.40. The summed E-state index contributed by atoms with van der Waals surface area (Å²) in [5.74, 6) is -0.493. The standard InChI is InChI=1S/C11H13F3N2OS/c1-2-7(15)10(17)16-8-5-3-4-6-9(8)18-11(12,13)14/h3-7H,2,15H2,1H3,(H,16,17)/t7-/m0/s1. The van der Waals surface area contributed by atoms with Crippen LogP contribution in [0.25, 0.3) is 0 Å². The summed E-state index contributed by atoms with van der Waals surface area (Å²) in [6.07, 6.45) is 0.417. The molecule has 0 saturated carbocycles. The number of thioether (sulfide) groups is 1. The molecule has 0 unspecified atom stereocenters. The molecule has 1 amide bonds. The van der Waals surface area contributed by atoms with E-state index in [2.05, 4.69) is 5.32 Å². The van der Waals surface area contributed by atoms with Gasteiger partial charge in [0, 0.05) is 4.90 Å². The minimum Gasteiger partial charge on any atom is -0.324 e. The van der Waals surface area contributed by atoms with E-state index in [1.54, 1.807) is 13.0 Å². The second kappa shape index (κ2) is 6.10. The highest BCUT2D eigenvalue weighted by atomic mass is 32.2. The third kappa shape index (κ3) is 4.58. The molecule has 0 radical (unpaired) electrons. The van der Waals surface area contributed by atoms with E-state index in [4.69, 9.17) is 5.73 Å². The van der Waals surface area contributed by atoms with Gasteiger partial charge in [-0.25, -0.2) is 0 Å². The second-order valence-electron chi connectivity index (χ2n) is 3.55. The number of nitrogens with two attached hydrogens (primary N) is 1. The first kappa shape index (κ1) is 14.8.